The first-order valence-corrected chi connectivity index (χ1v) is 5.62. The molecule has 0 amide bonds. The van der Waals surface area contributed by atoms with Gasteiger partial charge in [0.1, 0.15) is 5.78 Å². The first-order chi connectivity index (χ1) is 6.36. The van der Waals surface area contributed by atoms with Gasteiger partial charge < -0.3 is 5.32 Å². The number of nitrogens with one attached hydrogen (secondary N) is 1. The number of ketones is 1. The van der Waals surface area contributed by atoms with Crippen LogP contribution >= 0.6 is 0 Å². The average Bonchev–Trinajstić information content (AvgIpc) is 2.74. The quantitative estimate of drug-likeness (QED) is 0.720. The average molecular weight is 181 g/mol. The number of Topliss-reactive ketones (excluding diaryl/α,β-unsaturated/α-hetero) is 1. The summed E-state index contributed by atoms with van der Waals surface area (Å²) in [7, 11) is 0. The minimum absolute atomic E-state index is 0.419. The fourth-order valence-corrected chi connectivity index (χ4v) is 2.59. The van der Waals surface area contributed by atoms with Crippen molar-refractivity contribution in [1.29, 1.82) is 0 Å². The molecule has 0 aromatic heterocycles. The van der Waals surface area contributed by atoms with E-state index in [1.807, 2.05) is 0 Å². The van der Waals surface area contributed by atoms with Crippen LogP contribution in [0.1, 0.15) is 44.9 Å². The van der Waals surface area contributed by atoms with Gasteiger partial charge in [-0.05, 0) is 32.2 Å². The Hall–Kier alpha value is -0.370. The molecule has 1 atom stereocenters. The normalized spacial score (nSPS) is 29.7. The van der Waals surface area contributed by atoms with E-state index in [9.17, 15) is 4.79 Å². The fraction of sp³-hybridized carbons (Fsp3) is 0.909. The molecule has 1 unspecified atom stereocenters. The van der Waals surface area contributed by atoms with Gasteiger partial charge in [-0.25, -0.2) is 0 Å². The van der Waals surface area contributed by atoms with E-state index in [1.54, 1.807) is 0 Å². The van der Waals surface area contributed by atoms with Crippen LogP contribution in [0.2, 0.25) is 0 Å². The van der Waals surface area contributed by atoms with Crippen molar-refractivity contribution >= 4 is 5.78 Å². The van der Waals surface area contributed by atoms with Gasteiger partial charge in [0.25, 0.3) is 0 Å². The molecular formula is C11H19NO. The molecule has 0 aromatic rings. The minimum Gasteiger partial charge on any atom is -0.314 e. The molecular weight excluding hydrogens is 162 g/mol. The summed E-state index contributed by atoms with van der Waals surface area (Å²) in [4.78, 5) is 11.8. The van der Waals surface area contributed by atoms with Crippen molar-refractivity contribution in [3.63, 3.8) is 0 Å². The van der Waals surface area contributed by atoms with E-state index < -0.39 is 0 Å². The minimum atomic E-state index is 0.419. The molecule has 0 radical (unpaired) electrons. The fourth-order valence-electron chi connectivity index (χ4n) is 2.59. The van der Waals surface area contributed by atoms with Gasteiger partial charge in [0.05, 0.1) is 0 Å². The summed E-state index contributed by atoms with van der Waals surface area (Å²) in [6.07, 6.45) is 8.12. The largest absolute Gasteiger partial charge is 0.314 e. The predicted octanol–water partition coefficient (Wildman–Crippen LogP) is 1.89. The van der Waals surface area contributed by atoms with Crippen molar-refractivity contribution in [3.8, 4) is 0 Å². The van der Waals surface area contributed by atoms with Gasteiger partial charge >= 0.3 is 0 Å². The van der Waals surface area contributed by atoms with Crippen LogP contribution in [0.5, 0.6) is 0 Å². The zero-order chi connectivity index (χ0) is 9.10. The molecule has 0 bridgehead atoms. The van der Waals surface area contributed by atoms with Crippen molar-refractivity contribution in [2.24, 2.45) is 5.92 Å². The third kappa shape index (κ3) is 2.31. The van der Waals surface area contributed by atoms with Crippen LogP contribution in [0.3, 0.4) is 0 Å². The second-order valence-corrected chi connectivity index (χ2v) is 4.45. The Kier molecular flexibility index (Phi) is 2.99. The van der Waals surface area contributed by atoms with E-state index in [0.29, 0.717) is 17.7 Å². The van der Waals surface area contributed by atoms with Crippen LogP contribution in [0, 0.1) is 5.92 Å². The molecule has 1 saturated carbocycles. The highest BCUT2D eigenvalue weighted by Gasteiger charge is 2.25. The molecule has 1 N–H and O–H groups in total. The third-order valence-corrected chi connectivity index (χ3v) is 3.42. The highest BCUT2D eigenvalue weighted by Crippen LogP contribution is 2.27. The van der Waals surface area contributed by atoms with Gasteiger partial charge in [-0.1, -0.05) is 12.8 Å². The lowest BCUT2D eigenvalue weighted by atomic mass is 9.96. The first kappa shape index (κ1) is 9.20. The lowest BCUT2D eigenvalue weighted by Gasteiger charge is -2.12. The Bertz CT molecular complexity index is 179. The lowest BCUT2D eigenvalue weighted by Crippen LogP contribution is -2.27. The summed E-state index contributed by atoms with van der Waals surface area (Å²) in [6.45, 7) is 1.11. The summed E-state index contributed by atoms with van der Waals surface area (Å²) in [5, 5.41) is 3.39. The van der Waals surface area contributed by atoms with Gasteiger partial charge in [-0.2, -0.15) is 0 Å². The molecule has 13 heavy (non-hydrogen) atoms. The molecule has 74 valence electrons. The molecule has 0 spiro atoms. The second kappa shape index (κ2) is 4.23. The van der Waals surface area contributed by atoms with Crippen LogP contribution < -0.4 is 5.32 Å². The van der Waals surface area contributed by atoms with Crippen LogP contribution in [-0.4, -0.2) is 18.4 Å². The Morgan fingerprint density at radius 3 is 2.54 bits per heavy atom. The Labute approximate surface area is 80.1 Å². The van der Waals surface area contributed by atoms with Crippen molar-refractivity contribution in [3.05, 3.63) is 0 Å². The standard InChI is InChI=1S/C11H19NO/c13-11(9-4-1-2-5-9)8-10-6-3-7-12-10/h9-10,12H,1-8H2. The van der Waals surface area contributed by atoms with E-state index >= 15 is 0 Å². The maximum absolute atomic E-state index is 11.8. The van der Waals surface area contributed by atoms with Crippen LogP contribution in [0.4, 0.5) is 0 Å². The molecule has 1 saturated heterocycles. The van der Waals surface area contributed by atoms with Gasteiger partial charge in [0.15, 0.2) is 0 Å². The number of hydrogen-bond donors (Lipinski definition) is 1. The van der Waals surface area contributed by atoms with Crippen LogP contribution in [0.25, 0.3) is 0 Å². The van der Waals surface area contributed by atoms with Gasteiger partial charge in [0, 0.05) is 18.4 Å². The zero-order valence-corrected chi connectivity index (χ0v) is 8.22. The predicted molar refractivity (Wildman–Crippen MR) is 52.6 cm³/mol. The Morgan fingerprint density at radius 1 is 1.15 bits per heavy atom. The summed E-state index contributed by atoms with van der Waals surface area (Å²) in [6, 6.07) is 0.507. The van der Waals surface area contributed by atoms with Gasteiger partial charge in [-0.3, -0.25) is 4.79 Å². The summed E-state index contributed by atoms with van der Waals surface area (Å²) in [5.74, 6) is 0.944. The SMILES string of the molecule is O=C(CC1CCCN1)C1CCCC1. The van der Waals surface area contributed by atoms with Crippen molar-refractivity contribution in [2.45, 2.75) is 51.0 Å². The summed E-state index contributed by atoms with van der Waals surface area (Å²) < 4.78 is 0. The van der Waals surface area contributed by atoms with Crippen molar-refractivity contribution in [2.75, 3.05) is 6.54 Å². The lowest BCUT2D eigenvalue weighted by molar-refractivity contribution is -0.123. The number of hydrogen-bond acceptors (Lipinski definition) is 2. The Balaban J connectivity index is 1.76. The zero-order valence-electron chi connectivity index (χ0n) is 8.22. The van der Waals surface area contributed by atoms with E-state index in [1.165, 1.54) is 25.7 Å². The number of carbonyl (C=O) groups excluding carboxylic acids is 1. The highest BCUT2D eigenvalue weighted by molar-refractivity contribution is 5.81. The molecule has 2 heteroatoms. The van der Waals surface area contributed by atoms with Crippen molar-refractivity contribution < 1.29 is 4.79 Å². The molecule has 1 aliphatic carbocycles. The monoisotopic (exact) mass is 181 g/mol. The second-order valence-electron chi connectivity index (χ2n) is 4.45. The first-order valence-electron chi connectivity index (χ1n) is 5.62. The molecule has 1 aliphatic heterocycles. The van der Waals surface area contributed by atoms with E-state index in [2.05, 4.69) is 5.32 Å². The van der Waals surface area contributed by atoms with Crippen LogP contribution in [0.15, 0.2) is 0 Å². The molecule has 2 rings (SSSR count). The topological polar surface area (TPSA) is 29.1 Å². The van der Waals surface area contributed by atoms with E-state index in [4.69, 9.17) is 0 Å². The maximum atomic E-state index is 11.8. The smallest absolute Gasteiger partial charge is 0.137 e. The summed E-state index contributed by atoms with van der Waals surface area (Å²) in [5.41, 5.74) is 0. The molecule has 2 fully saturated rings. The number of carbonyl (C=O) groups is 1. The third-order valence-electron chi connectivity index (χ3n) is 3.42. The molecule has 2 aliphatic rings. The van der Waals surface area contributed by atoms with E-state index in [-0.39, 0.29) is 0 Å². The molecule has 2 nitrogen and oxygen atoms in total. The molecule has 0 aromatic carbocycles. The number of rotatable bonds is 3. The van der Waals surface area contributed by atoms with Crippen LogP contribution in [-0.2, 0) is 4.79 Å². The van der Waals surface area contributed by atoms with Gasteiger partial charge in [0.2, 0.25) is 0 Å². The summed E-state index contributed by atoms with van der Waals surface area (Å²) >= 11 is 0. The maximum Gasteiger partial charge on any atom is 0.137 e. The molecule has 1 heterocycles. The van der Waals surface area contributed by atoms with E-state index in [0.717, 1.165) is 25.8 Å². The van der Waals surface area contributed by atoms with Crippen molar-refractivity contribution in [1.82, 2.24) is 5.32 Å². The van der Waals surface area contributed by atoms with Gasteiger partial charge in [-0.15, -0.1) is 0 Å². The highest BCUT2D eigenvalue weighted by atomic mass is 16.1. The Morgan fingerprint density at radius 2 is 1.92 bits per heavy atom.